The second kappa shape index (κ2) is 7.88. The third-order valence-electron chi connectivity index (χ3n) is 2.55. The number of hydrogen-bond acceptors (Lipinski definition) is 4. The van der Waals surface area contributed by atoms with Gasteiger partial charge in [-0.05, 0) is 0 Å². The van der Waals surface area contributed by atoms with Crippen molar-refractivity contribution < 1.29 is 14.3 Å². The molecule has 18 heavy (non-hydrogen) atoms. The van der Waals surface area contributed by atoms with Crippen LogP contribution in [0.3, 0.4) is 0 Å². The highest BCUT2D eigenvalue weighted by molar-refractivity contribution is 5.76. The van der Waals surface area contributed by atoms with Crippen molar-refractivity contribution in [2.24, 2.45) is 0 Å². The van der Waals surface area contributed by atoms with Crippen molar-refractivity contribution in [1.82, 2.24) is 20.9 Å². The summed E-state index contributed by atoms with van der Waals surface area (Å²) in [6.45, 7) is 3.06. The molecule has 7 heteroatoms. The van der Waals surface area contributed by atoms with E-state index in [9.17, 15) is 9.59 Å². The lowest BCUT2D eigenvalue weighted by molar-refractivity contribution is -0.124. The maximum atomic E-state index is 11.5. The maximum absolute atomic E-state index is 11.5. The van der Waals surface area contributed by atoms with E-state index >= 15 is 0 Å². The zero-order chi connectivity index (χ0) is 13.4. The van der Waals surface area contributed by atoms with Crippen LogP contribution in [0, 0.1) is 0 Å². The molecule has 104 valence electrons. The van der Waals surface area contributed by atoms with Gasteiger partial charge in [0.15, 0.2) is 0 Å². The predicted molar refractivity (Wildman–Crippen MR) is 67.3 cm³/mol. The van der Waals surface area contributed by atoms with Gasteiger partial charge in [-0.25, -0.2) is 4.79 Å². The van der Waals surface area contributed by atoms with Crippen LogP contribution in [0.1, 0.15) is 6.42 Å². The van der Waals surface area contributed by atoms with Gasteiger partial charge in [-0.15, -0.1) is 0 Å². The van der Waals surface area contributed by atoms with Crippen molar-refractivity contribution in [3.8, 4) is 0 Å². The Labute approximate surface area is 107 Å². The lowest BCUT2D eigenvalue weighted by Gasteiger charge is -2.23. The molecule has 0 aromatic heterocycles. The molecule has 0 aromatic carbocycles. The number of carbonyl (C=O) groups is 2. The van der Waals surface area contributed by atoms with E-state index in [1.54, 1.807) is 14.1 Å². The highest BCUT2D eigenvalue weighted by Crippen LogP contribution is 2.00. The van der Waals surface area contributed by atoms with E-state index in [2.05, 4.69) is 16.0 Å². The van der Waals surface area contributed by atoms with E-state index in [1.807, 2.05) is 0 Å². The first kappa shape index (κ1) is 14.7. The van der Waals surface area contributed by atoms with Gasteiger partial charge in [-0.1, -0.05) is 0 Å². The van der Waals surface area contributed by atoms with Gasteiger partial charge in [0, 0.05) is 40.3 Å². The number of ether oxygens (including phenoxy) is 1. The lowest BCUT2D eigenvalue weighted by Crippen LogP contribution is -2.43. The Kier molecular flexibility index (Phi) is 6.45. The molecule has 0 bridgehead atoms. The number of nitrogens with zero attached hydrogens (tertiary/aromatic N) is 1. The zero-order valence-electron chi connectivity index (χ0n) is 11.0. The summed E-state index contributed by atoms with van der Waals surface area (Å²) >= 11 is 0. The smallest absolute Gasteiger partial charge is 0.316 e. The van der Waals surface area contributed by atoms with Crippen molar-refractivity contribution in [2.75, 3.05) is 46.9 Å². The molecule has 7 nitrogen and oxygen atoms in total. The number of hydrogen-bond donors (Lipinski definition) is 3. The number of rotatable bonds is 5. The van der Waals surface area contributed by atoms with Crippen LogP contribution < -0.4 is 16.0 Å². The number of morpholine rings is 1. The highest BCUT2D eigenvalue weighted by Gasteiger charge is 2.16. The van der Waals surface area contributed by atoms with Crippen molar-refractivity contribution in [3.05, 3.63) is 0 Å². The minimum absolute atomic E-state index is 0.0462. The summed E-state index contributed by atoms with van der Waals surface area (Å²) < 4.78 is 5.42. The Morgan fingerprint density at radius 1 is 1.33 bits per heavy atom. The fourth-order valence-electron chi connectivity index (χ4n) is 1.56. The summed E-state index contributed by atoms with van der Waals surface area (Å²) in [6.07, 6.45) is 0.310. The Balaban J connectivity index is 2.04. The third kappa shape index (κ3) is 5.83. The number of amides is 3. The molecule has 1 atom stereocenters. The zero-order valence-corrected chi connectivity index (χ0v) is 11.0. The van der Waals surface area contributed by atoms with Crippen molar-refractivity contribution in [1.29, 1.82) is 0 Å². The molecule has 0 saturated carbocycles. The van der Waals surface area contributed by atoms with Gasteiger partial charge >= 0.3 is 6.03 Å². The monoisotopic (exact) mass is 258 g/mol. The van der Waals surface area contributed by atoms with E-state index in [0.717, 1.165) is 6.54 Å². The van der Waals surface area contributed by atoms with Crippen LogP contribution >= 0.6 is 0 Å². The molecule has 1 rings (SSSR count). The number of nitrogens with one attached hydrogen (secondary N) is 3. The quantitative estimate of drug-likeness (QED) is 0.538. The second-order valence-corrected chi connectivity index (χ2v) is 4.38. The molecule has 1 fully saturated rings. The van der Waals surface area contributed by atoms with E-state index in [0.29, 0.717) is 32.7 Å². The van der Waals surface area contributed by atoms with Crippen molar-refractivity contribution in [2.45, 2.75) is 12.5 Å². The van der Waals surface area contributed by atoms with Gasteiger partial charge in [-0.3, -0.25) is 4.79 Å². The average Bonchev–Trinajstić information content (AvgIpc) is 2.35. The second-order valence-electron chi connectivity index (χ2n) is 4.38. The summed E-state index contributed by atoms with van der Waals surface area (Å²) in [4.78, 5) is 24.2. The van der Waals surface area contributed by atoms with Crippen LogP contribution in [-0.2, 0) is 9.53 Å². The lowest BCUT2D eigenvalue weighted by atomic mass is 10.2. The molecule has 3 amide bonds. The van der Waals surface area contributed by atoms with Gasteiger partial charge in [-0.2, -0.15) is 0 Å². The predicted octanol–water partition coefficient (Wildman–Crippen LogP) is -1.25. The molecule has 0 aliphatic carbocycles. The van der Waals surface area contributed by atoms with E-state index < -0.39 is 0 Å². The Hall–Kier alpha value is -1.34. The first-order valence-corrected chi connectivity index (χ1v) is 6.13. The molecule has 0 aromatic rings. The Morgan fingerprint density at radius 3 is 2.67 bits per heavy atom. The standard InChI is InChI=1S/C11H22N4O3/c1-15(2)11(17)14-4-3-13-10(16)7-9-8-12-5-6-18-9/h9,12H,3-8H2,1-2H3,(H,13,16)(H,14,17). The SMILES string of the molecule is CN(C)C(=O)NCCNC(=O)CC1CNCCO1. The van der Waals surface area contributed by atoms with Gasteiger partial charge in [0.2, 0.25) is 5.91 Å². The maximum Gasteiger partial charge on any atom is 0.316 e. The minimum Gasteiger partial charge on any atom is -0.375 e. The largest absolute Gasteiger partial charge is 0.375 e. The normalized spacial score (nSPS) is 19.1. The molecule has 3 N–H and O–H groups in total. The van der Waals surface area contributed by atoms with E-state index in [1.165, 1.54) is 4.90 Å². The number of urea groups is 1. The van der Waals surface area contributed by atoms with Crippen LogP contribution in [0.5, 0.6) is 0 Å². The molecule has 1 unspecified atom stereocenters. The van der Waals surface area contributed by atoms with Crippen LogP contribution in [0.25, 0.3) is 0 Å². The van der Waals surface area contributed by atoms with Crippen LogP contribution in [-0.4, -0.2) is 69.8 Å². The minimum atomic E-state index is -0.163. The van der Waals surface area contributed by atoms with Crippen molar-refractivity contribution in [3.63, 3.8) is 0 Å². The Morgan fingerprint density at radius 2 is 2.06 bits per heavy atom. The van der Waals surface area contributed by atoms with Gasteiger partial charge in [0.05, 0.1) is 19.1 Å². The first-order chi connectivity index (χ1) is 8.59. The summed E-state index contributed by atoms with van der Waals surface area (Å²) in [6, 6.07) is -0.163. The molecular formula is C11H22N4O3. The average molecular weight is 258 g/mol. The van der Waals surface area contributed by atoms with Gasteiger partial charge < -0.3 is 25.6 Å². The summed E-state index contributed by atoms with van der Waals surface area (Å²) in [7, 11) is 3.34. The summed E-state index contributed by atoms with van der Waals surface area (Å²) in [5.41, 5.74) is 0. The molecule has 0 radical (unpaired) electrons. The van der Waals surface area contributed by atoms with E-state index in [4.69, 9.17) is 4.74 Å². The van der Waals surface area contributed by atoms with E-state index in [-0.39, 0.29) is 18.0 Å². The molecule has 1 saturated heterocycles. The number of carbonyl (C=O) groups excluding carboxylic acids is 2. The van der Waals surface area contributed by atoms with Crippen LogP contribution in [0.4, 0.5) is 4.79 Å². The van der Waals surface area contributed by atoms with Crippen molar-refractivity contribution >= 4 is 11.9 Å². The third-order valence-corrected chi connectivity index (χ3v) is 2.55. The topological polar surface area (TPSA) is 82.7 Å². The van der Waals surface area contributed by atoms with Crippen LogP contribution in [0.15, 0.2) is 0 Å². The molecular weight excluding hydrogens is 236 g/mol. The first-order valence-electron chi connectivity index (χ1n) is 6.13. The molecule has 1 aliphatic heterocycles. The molecule has 0 spiro atoms. The Bertz CT molecular complexity index is 277. The molecule has 1 aliphatic rings. The summed E-state index contributed by atoms with van der Waals surface area (Å²) in [5.74, 6) is -0.0530. The van der Waals surface area contributed by atoms with Gasteiger partial charge in [0.25, 0.3) is 0 Å². The highest BCUT2D eigenvalue weighted by atomic mass is 16.5. The molecule has 1 heterocycles. The fourth-order valence-corrected chi connectivity index (χ4v) is 1.56. The fraction of sp³-hybridized carbons (Fsp3) is 0.818. The summed E-state index contributed by atoms with van der Waals surface area (Å²) in [5, 5.41) is 8.58. The van der Waals surface area contributed by atoms with Gasteiger partial charge in [0.1, 0.15) is 0 Å². The van der Waals surface area contributed by atoms with Crippen LogP contribution in [0.2, 0.25) is 0 Å².